The predicted octanol–water partition coefficient (Wildman–Crippen LogP) is 2.93. The normalized spacial score (nSPS) is 37.5. The van der Waals surface area contributed by atoms with Gasteiger partial charge < -0.3 is 4.74 Å². The second-order valence-electron chi connectivity index (χ2n) is 5.99. The van der Waals surface area contributed by atoms with E-state index < -0.39 is 0 Å². The topological polar surface area (TPSA) is 43.4 Å². The van der Waals surface area contributed by atoms with E-state index in [1.165, 1.54) is 0 Å². The molecule has 0 aromatic heterocycles. The minimum Gasteiger partial charge on any atom is -0.423 e. The van der Waals surface area contributed by atoms with Gasteiger partial charge in [-0.3, -0.25) is 4.79 Å². The van der Waals surface area contributed by atoms with Crippen LogP contribution in [-0.4, -0.2) is 11.8 Å². The van der Waals surface area contributed by atoms with Crippen molar-refractivity contribution in [2.24, 2.45) is 17.3 Å². The standard InChI is InChI=1S/C16H18O3/c1-8-14-10(3)16(4)9(2)12(17)6-5-11(16)7-13(14)19-15(8)18/h5,7,9-10H,6H2,1-4H3/t9-,10-,16-/m0/s1. The Labute approximate surface area is 113 Å². The van der Waals surface area contributed by atoms with E-state index in [9.17, 15) is 9.59 Å². The second kappa shape index (κ2) is 3.69. The van der Waals surface area contributed by atoms with Crippen LogP contribution < -0.4 is 0 Å². The fourth-order valence-electron chi connectivity index (χ4n) is 3.64. The Balaban J connectivity index is 2.24. The van der Waals surface area contributed by atoms with Crippen LogP contribution in [0, 0.1) is 17.3 Å². The summed E-state index contributed by atoms with van der Waals surface area (Å²) in [5.74, 6) is 0.786. The number of hydrogen-bond donors (Lipinski definition) is 0. The van der Waals surface area contributed by atoms with Crippen molar-refractivity contribution < 1.29 is 14.3 Å². The number of ether oxygens (including phenoxy) is 1. The Bertz CT molecular complexity index is 591. The average Bonchev–Trinajstić information content (AvgIpc) is 2.65. The Morgan fingerprint density at radius 2 is 1.95 bits per heavy atom. The van der Waals surface area contributed by atoms with Gasteiger partial charge in [-0.1, -0.05) is 26.8 Å². The monoisotopic (exact) mass is 258 g/mol. The fraction of sp³-hybridized carbons (Fsp3) is 0.500. The van der Waals surface area contributed by atoms with Crippen molar-refractivity contribution in [3.63, 3.8) is 0 Å². The van der Waals surface area contributed by atoms with Gasteiger partial charge in [-0.15, -0.1) is 0 Å². The molecule has 0 aromatic carbocycles. The molecule has 0 bridgehead atoms. The van der Waals surface area contributed by atoms with Gasteiger partial charge in [-0.2, -0.15) is 0 Å². The molecule has 3 nitrogen and oxygen atoms in total. The van der Waals surface area contributed by atoms with Crippen molar-refractivity contribution in [1.29, 1.82) is 0 Å². The van der Waals surface area contributed by atoms with Gasteiger partial charge in [-0.25, -0.2) is 4.79 Å². The first-order valence-corrected chi connectivity index (χ1v) is 6.75. The molecule has 1 heterocycles. The molecule has 0 fully saturated rings. The maximum absolute atomic E-state index is 12.1. The molecule has 0 radical (unpaired) electrons. The molecule has 3 heteroatoms. The van der Waals surface area contributed by atoms with E-state index in [4.69, 9.17) is 4.74 Å². The largest absolute Gasteiger partial charge is 0.423 e. The summed E-state index contributed by atoms with van der Waals surface area (Å²) < 4.78 is 5.33. The van der Waals surface area contributed by atoms with Crippen molar-refractivity contribution in [3.05, 3.63) is 34.6 Å². The molecule has 0 aromatic rings. The third kappa shape index (κ3) is 1.38. The molecule has 3 aliphatic rings. The highest BCUT2D eigenvalue weighted by molar-refractivity contribution is 5.95. The molecule has 1 aliphatic heterocycles. The predicted molar refractivity (Wildman–Crippen MR) is 71.0 cm³/mol. The number of esters is 1. The minimum absolute atomic E-state index is 0.0312. The molecule has 3 atom stereocenters. The molecule has 2 aliphatic carbocycles. The van der Waals surface area contributed by atoms with Crippen molar-refractivity contribution in [3.8, 4) is 0 Å². The first-order chi connectivity index (χ1) is 8.87. The first-order valence-electron chi connectivity index (χ1n) is 6.75. The molecular formula is C16H18O3. The number of carbonyl (C=O) groups is 2. The van der Waals surface area contributed by atoms with Crippen LogP contribution in [0.15, 0.2) is 34.6 Å². The van der Waals surface area contributed by atoms with Gasteiger partial charge in [0, 0.05) is 28.9 Å². The van der Waals surface area contributed by atoms with Gasteiger partial charge in [-0.05, 0) is 24.5 Å². The van der Waals surface area contributed by atoms with Crippen LogP contribution in [0.4, 0.5) is 0 Å². The molecule has 0 saturated heterocycles. The Morgan fingerprint density at radius 1 is 1.26 bits per heavy atom. The fourth-order valence-corrected chi connectivity index (χ4v) is 3.64. The highest BCUT2D eigenvalue weighted by Gasteiger charge is 2.51. The van der Waals surface area contributed by atoms with Crippen LogP contribution in [0.25, 0.3) is 0 Å². The quantitative estimate of drug-likeness (QED) is 0.627. The van der Waals surface area contributed by atoms with Crippen LogP contribution in [0.3, 0.4) is 0 Å². The van der Waals surface area contributed by atoms with Gasteiger partial charge >= 0.3 is 5.97 Å². The highest BCUT2D eigenvalue weighted by Crippen LogP contribution is 2.55. The summed E-state index contributed by atoms with van der Waals surface area (Å²) in [6.07, 6.45) is 4.42. The highest BCUT2D eigenvalue weighted by atomic mass is 16.5. The Morgan fingerprint density at radius 3 is 2.63 bits per heavy atom. The molecule has 100 valence electrons. The lowest BCUT2D eigenvalue weighted by Crippen LogP contribution is -2.43. The van der Waals surface area contributed by atoms with Gasteiger partial charge in [0.05, 0.1) is 0 Å². The molecule has 0 saturated carbocycles. The van der Waals surface area contributed by atoms with Crippen LogP contribution in [0.1, 0.15) is 34.1 Å². The lowest BCUT2D eigenvalue weighted by molar-refractivity contribution is -0.133. The van der Waals surface area contributed by atoms with Gasteiger partial charge in [0.1, 0.15) is 11.5 Å². The number of ketones is 1. The zero-order valence-corrected chi connectivity index (χ0v) is 11.7. The minimum atomic E-state index is -0.255. The molecule has 3 rings (SSSR count). The van der Waals surface area contributed by atoms with Gasteiger partial charge in [0.25, 0.3) is 0 Å². The van der Waals surface area contributed by atoms with Gasteiger partial charge in [0.15, 0.2) is 0 Å². The second-order valence-corrected chi connectivity index (χ2v) is 5.99. The maximum atomic E-state index is 12.1. The maximum Gasteiger partial charge on any atom is 0.339 e. The summed E-state index contributed by atoms with van der Waals surface area (Å²) in [5, 5.41) is 0. The van der Waals surface area contributed by atoms with Crippen LogP contribution in [-0.2, 0) is 14.3 Å². The van der Waals surface area contributed by atoms with E-state index in [1.807, 2.05) is 26.0 Å². The van der Waals surface area contributed by atoms with E-state index in [0.29, 0.717) is 17.8 Å². The third-order valence-corrected chi connectivity index (χ3v) is 5.33. The molecule has 19 heavy (non-hydrogen) atoms. The first kappa shape index (κ1) is 12.4. The van der Waals surface area contributed by atoms with Crippen molar-refractivity contribution in [2.75, 3.05) is 0 Å². The van der Waals surface area contributed by atoms with E-state index in [0.717, 1.165) is 11.1 Å². The molecule has 0 spiro atoms. The Kier molecular flexibility index (Phi) is 2.40. The molecular weight excluding hydrogens is 240 g/mol. The summed E-state index contributed by atoms with van der Waals surface area (Å²) in [6, 6.07) is 0. The van der Waals surface area contributed by atoms with E-state index in [-0.39, 0.29) is 29.0 Å². The molecule has 0 unspecified atom stereocenters. The number of carbonyl (C=O) groups excluding carboxylic acids is 2. The number of Topliss-reactive ketones (excluding diaryl/α,β-unsaturated/α-hetero) is 1. The smallest absolute Gasteiger partial charge is 0.339 e. The average molecular weight is 258 g/mol. The lowest BCUT2D eigenvalue weighted by Gasteiger charge is -2.46. The number of fused-ring (bicyclic) bond motifs is 2. The zero-order valence-electron chi connectivity index (χ0n) is 11.7. The lowest BCUT2D eigenvalue weighted by atomic mass is 9.56. The third-order valence-electron chi connectivity index (χ3n) is 5.33. The SMILES string of the molecule is CC1=C2C(=CC3=CCC(=O)[C@H](C)[C@@]3(C)[C@H]2C)OC1=O. The summed E-state index contributed by atoms with van der Waals surface area (Å²) in [6.45, 7) is 8.03. The van der Waals surface area contributed by atoms with Crippen molar-refractivity contribution >= 4 is 11.8 Å². The summed E-state index contributed by atoms with van der Waals surface area (Å²) in [7, 11) is 0. The van der Waals surface area contributed by atoms with E-state index in [2.05, 4.69) is 13.8 Å². The number of rotatable bonds is 0. The van der Waals surface area contributed by atoms with Crippen LogP contribution >= 0.6 is 0 Å². The van der Waals surface area contributed by atoms with Crippen molar-refractivity contribution in [2.45, 2.75) is 34.1 Å². The summed E-state index contributed by atoms with van der Waals surface area (Å²) >= 11 is 0. The van der Waals surface area contributed by atoms with E-state index >= 15 is 0 Å². The Hall–Kier alpha value is -1.64. The number of allylic oxidation sites excluding steroid dienone is 4. The summed E-state index contributed by atoms with van der Waals surface area (Å²) in [5.41, 5.74) is 2.56. The van der Waals surface area contributed by atoms with Crippen LogP contribution in [0.5, 0.6) is 0 Å². The van der Waals surface area contributed by atoms with Crippen molar-refractivity contribution in [1.82, 2.24) is 0 Å². The summed E-state index contributed by atoms with van der Waals surface area (Å²) in [4.78, 5) is 23.8. The van der Waals surface area contributed by atoms with Crippen LogP contribution in [0.2, 0.25) is 0 Å². The van der Waals surface area contributed by atoms with Gasteiger partial charge in [0.2, 0.25) is 0 Å². The van der Waals surface area contributed by atoms with E-state index in [1.54, 1.807) is 0 Å². The molecule has 0 N–H and O–H groups in total. The zero-order chi connectivity index (χ0) is 13.9. The molecule has 0 amide bonds. The number of hydrogen-bond acceptors (Lipinski definition) is 3.